The monoisotopic (exact) mass is 587 g/mol. The Bertz CT molecular complexity index is 1790. The summed E-state index contributed by atoms with van der Waals surface area (Å²) in [6.07, 6.45) is 1.70. The van der Waals surface area contributed by atoms with Crippen LogP contribution in [0, 0.1) is 20.8 Å². The number of nitrogens with one attached hydrogen (secondary N) is 1. The van der Waals surface area contributed by atoms with E-state index in [0.29, 0.717) is 5.82 Å². The van der Waals surface area contributed by atoms with E-state index in [2.05, 4.69) is 61.4 Å². The Hall–Kier alpha value is -4.69. The minimum absolute atomic E-state index is 0.134. The predicted octanol–water partition coefficient (Wildman–Crippen LogP) is 6.35. The van der Waals surface area contributed by atoms with Crippen LogP contribution in [0.15, 0.2) is 97.2 Å². The molecule has 0 spiro atoms. The third-order valence-corrected chi connectivity index (χ3v) is 9.03. The lowest BCUT2D eigenvalue weighted by Crippen LogP contribution is -2.42. The number of rotatable bonds is 7. The molecule has 7 nitrogen and oxygen atoms in total. The Labute approximate surface area is 256 Å². The van der Waals surface area contributed by atoms with Gasteiger partial charge in [-0.2, -0.15) is 5.10 Å². The maximum Gasteiger partial charge on any atom is 0.240 e. The summed E-state index contributed by atoms with van der Waals surface area (Å²) in [5.74, 6) is 0.448. The molecule has 6 rings (SSSR count). The number of carbonyl (C=O) groups excluding carboxylic acids is 2. The average Bonchev–Trinajstić information content (AvgIpc) is 3.34. The van der Waals surface area contributed by atoms with Crippen LogP contribution in [0.1, 0.15) is 38.8 Å². The summed E-state index contributed by atoms with van der Waals surface area (Å²) in [6, 6.07) is 30.2. The number of aromatic nitrogens is 3. The van der Waals surface area contributed by atoms with E-state index in [0.717, 1.165) is 50.5 Å². The molecule has 0 unspecified atom stereocenters. The van der Waals surface area contributed by atoms with Gasteiger partial charge in [-0.1, -0.05) is 78.4 Å². The largest absolute Gasteiger partial charge is 0.349 e. The summed E-state index contributed by atoms with van der Waals surface area (Å²) in [7, 11) is 0. The smallest absolute Gasteiger partial charge is 0.240 e. The molecule has 1 N–H and O–H groups in total. The lowest BCUT2D eigenvalue weighted by atomic mass is 9.98. The van der Waals surface area contributed by atoms with Crippen molar-refractivity contribution in [2.45, 2.75) is 32.6 Å². The van der Waals surface area contributed by atoms with Gasteiger partial charge in [0.2, 0.25) is 11.8 Å². The Morgan fingerprint density at radius 1 is 0.953 bits per heavy atom. The zero-order valence-electron chi connectivity index (χ0n) is 24.4. The number of aryl methyl sites for hydroxylation is 2. The maximum atomic E-state index is 14.0. The fraction of sp³-hybridized carbons (Fsp3) is 0.200. The minimum Gasteiger partial charge on any atom is -0.349 e. The summed E-state index contributed by atoms with van der Waals surface area (Å²) in [5.41, 5.74) is 8.71. The van der Waals surface area contributed by atoms with E-state index in [1.807, 2.05) is 65.3 Å². The second-order valence-electron chi connectivity index (χ2n) is 10.8. The van der Waals surface area contributed by atoms with Crippen LogP contribution in [0.25, 0.3) is 16.9 Å². The Morgan fingerprint density at radius 3 is 2.51 bits per heavy atom. The third-order valence-electron chi connectivity index (χ3n) is 7.78. The molecule has 1 aliphatic rings. The van der Waals surface area contributed by atoms with Crippen molar-refractivity contribution >= 4 is 29.4 Å². The number of amides is 2. The highest BCUT2D eigenvalue weighted by molar-refractivity contribution is 8.00. The molecule has 3 aromatic carbocycles. The van der Waals surface area contributed by atoms with Crippen molar-refractivity contribution in [2.24, 2.45) is 0 Å². The van der Waals surface area contributed by atoms with Gasteiger partial charge in [0, 0.05) is 17.3 Å². The van der Waals surface area contributed by atoms with Crippen molar-refractivity contribution in [3.8, 4) is 16.9 Å². The van der Waals surface area contributed by atoms with Crippen LogP contribution < -0.4 is 10.2 Å². The van der Waals surface area contributed by atoms with Crippen LogP contribution in [0.5, 0.6) is 0 Å². The van der Waals surface area contributed by atoms with E-state index in [-0.39, 0.29) is 35.9 Å². The molecule has 0 saturated carbocycles. The molecular weight excluding hydrogens is 554 g/mol. The van der Waals surface area contributed by atoms with E-state index in [1.165, 1.54) is 0 Å². The highest BCUT2D eigenvalue weighted by Crippen LogP contribution is 2.48. The molecule has 8 heteroatoms. The van der Waals surface area contributed by atoms with Crippen LogP contribution >= 0.6 is 11.8 Å². The standard InChI is InChI=1S/C35H33N5O2S/c1-23-11-9-15-27(19-23)34-32-33(26-13-5-4-6-14-26)38-40(29-17-10-12-24(2)25(29)3)35(32)39(31(42)22-43-34)21-30(41)37-20-28-16-7-8-18-36-28/h4-19,34H,20-22H2,1-3H3,(H,37,41)/t34-/m0/s1. The molecule has 0 radical (unpaired) electrons. The van der Waals surface area contributed by atoms with Gasteiger partial charge in [0.1, 0.15) is 12.4 Å². The number of hydrogen-bond acceptors (Lipinski definition) is 5. The molecular formula is C35H33N5O2S. The van der Waals surface area contributed by atoms with Gasteiger partial charge in [0.05, 0.1) is 34.6 Å². The van der Waals surface area contributed by atoms with E-state index < -0.39 is 0 Å². The molecule has 216 valence electrons. The summed E-state index contributed by atoms with van der Waals surface area (Å²) in [5, 5.41) is 8.01. The van der Waals surface area contributed by atoms with Crippen molar-refractivity contribution in [3.63, 3.8) is 0 Å². The van der Waals surface area contributed by atoms with Crippen molar-refractivity contribution in [1.29, 1.82) is 0 Å². The van der Waals surface area contributed by atoms with Crippen LogP contribution in [0.4, 0.5) is 5.82 Å². The first-order chi connectivity index (χ1) is 20.9. The highest BCUT2D eigenvalue weighted by Gasteiger charge is 2.38. The number of pyridine rings is 1. The highest BCUT2D eigenvalue weighted by atomic mass is 32.2. The maximum absolute atomic E-state index is 14.0. The number of hydrogen-bond donors (Lipinski definition) is 1. The van der Waals surface area contributed by atoms with E-state index >= 15 is 0 Å². The Balaban J connectivity index is 1.55. The number of fused-ring (bicyclic) bond motifs is 1. The van der Waals surface area contributed by atoms with Gasteiger partial charge in [0.25, 0.3) is 0 Å². The van der Waals surface area contributed by atoms with E-state index in [1.54, 1.807) is 22.9 Å². The van der Waals surface area contributed by atoms with Crippen LogP contribution in [0.2, 0.25) is 0 Å². The first-order valence-corrected chi connectivity index (χ1v) is 15.4. The van der Waals surface area contributed by atoms with Gasteiger partial charge in [-0.05, 0) is 55.7 Å². The van der Waals surface area contributed by atoms with Crippen LogP contribution in [-0.4, -0.2) is 38.9 Å². The molecule has 0 bridgehead atoms. The number of benzene rings is 3. The molecule has 0 saturated heterocycles. The molecule has 5 aromatic rings. The fourth-order valence-corrected chi connectivity index (χ4v) is 6.64. The minimum atomic E-state index is -0.265. The quantitative estimate of drug-likeness (QED) is 0.240. The average molecular weight is 588 g/mol. The number of anilines is 1. The SMILES string of the molecule is Cc1cccc([C@@H]2SCC(=O)N(CC(=O)NCc3ccccn3)c3c2c(-c2ccccc2)nn3-c2cccc(C)c2C)c1. The fourth-order valence-electron chi connectivity index (χ4n) is 5.45. The van der Waals surface area contributed by atoms with Gasteiger partial charge in [-0.15, -0.1) is 11.8 Å². The number of carbonyl (C=O) groups is 2. The van der Waals surface area contributed by atoms with Crippen LogP contribution in [0.3, 0.4) is 0 Å². The summed E-state index contributed by atoms with van der Waals surface area (Å²) in [6.45, 7) is 6.35. The van der Waals surface area contributed by atoms with Crippen molar-refractivity contribution in [1.82, 2.24) is 20.1 Å². The van der Waals surface area contributed by atoms with Gasteiger partial charge < -0.3 is 5.32 Å². The second kappa shape index (κ2) is 12.3. The predicted molar refractivity (Wildman–Crippen MR) is 172 cm³/mol. The van der Waals surface area contributed by atoms with Crippen molar-refractivity contribution in [3.05, 3.63) is 131 Å². The Kier molecular flexibility index (Phi) is 8.11. The van der Waals surface area contributed by atoms with Crippen molar-refractivity contribution in [2.75, 3.05) is 17.2 Å². The molecule has 1 aliphatic heterocycles. The van der Waals surface area contributed by atoms with Crippen LogP contribution in [-0.2, 0) is 16.1 Å². The molecule has 2 aromatic heterocycles. The van der Waals surface area contributed by atoms with Gasteiger partial charge in [-0.3, -0.25) is 19.5 Å². The molecule has 3 heterocycles. The number of nitrogens with zero attached hydrogens (tertiary/aromatic N) is 4. The normalized spacial score (nSPS) is 14.7. The molecule has 2 amide bonds. The summed E-state index contributed by atoms with van der Waals surface area (Å²) >= 11 is 1.58. The third kappa shape index (κ3) is 5.83. The molecule has 1 atom stereocenters. The second-order valence-corrected chi connectivity index (χ2v) is 11.9. The van der Waals surface area contributed by atoms with E-state index in [4.69, 9.17) is 5.10 Å². The first kappa shape index (κ1) is 28.4. The topological polar surface area (TPSA) is 80.1 Å². The first-order valence-electron chi connectivity index (χ1n) is 14.3. The zero-order valence-corrected chi connectivity index (χ0v) is 25.3. The van der Waals surface area contributed by atoms with Gasteiger partial charge in [-0.25, -0.2) is 4.68 Å². The van der Waals surface area contributed by atoms with E-state index in [9.17, 15) is 9.59 Å². The van der Waals surface area contributed by atoms with Crippen molar-refractivity contribution < 1.29 is 9.59 Å². The summed E-state index contributed by atoms with van der Waals surface area (Å²) < 4.78 is 1.87. The lowest BCUT2D eigenvalue weighted by Gasteiger charge is -2.24. The van der Waals surface area contributed by atoms with Gasteiger partial charge in [0.15, 0.2) is 0 Å². The molecule has 43 heavy (non-hydrogen) atoms. The molecule has 0 aliphatic carbocycles. The van der Waals surface area contributed by atoms with Gasteiger partial charge >= 0.3 is 0 Å². The summed E-state index contributed by atoms with van der Waals surface area (Å²) in [4.78, 5) is 33.3. The lowest BCUT2D eigenvalue weighted by molar-refractivity contribution is -0.123. The zero-order chi connectivity index (χ0) is 29.9. The molecule has 0 fully saturated rings. The Morgan fingerprint density at radius 2 is 1.74 bits per heavy atom. The number of thioether (sulfide) groups is 1.